The first-order valence-electron chi connectivity index (χ1n) is 5.70. The molecule has 0 unspecified atom stereocenters. The van der Waals surface area contributed by atoms with Crippen molar-refractivity contribution in [3.8, 4) is 0 Å². The molecule has 2 aliphatic heterocycles. The summed E-state index contributed by atoms with van der Waals surface area (Å²) in [4.78, 5) is 13.8. The van der Waals surface area contributed by atoms with Gasteiger partial charge in [-0.1, -0.05) is 0 Å². The zero-order valence-electron chi connectivity index (χ0n) is 8.71. The van der Waals surface area contributed by atoms with E-state index in [0.717, 1.165) is 58.4 Å². The number of rotatable bonds is 1. The van der Waals surface area contributed by atoms with E-state index in [4.69, 9.17) is 4.74 Å². The first-order valence-corrected chi connectivity index (χ1v) is 5.70. The van der Waals surface area contributed by atoms with Crippen molar-refractivity contribution in [2.45, 2.75) is 38.1 Å². The first-order chi connectivity index (χ1) is 6.86. The Kier molecular flexibility index (Phi) is 3.54. The highest BCUT2D eigenvalue weighted by Gasteiger charge is 2.23. The third-order valence-corrected chi connectivity index (χ3v) is 3.29. The molecule has 0 atom stereocenters. The fraction of sp³-hybridized carbons (Fsp3) is 0.909. The Bertz CT molecular complexity index is 199. The maximum atomic E-state index is 11.3. The molecule has 2 fully saturated rings. The molecule has 0 aliphatic carbocycles. The van der Waals surface area contributed by atoms with Crippen molar-refractivity contribution in [1.82, 2.24) is 4.90 Å². The number of ether oxygens (including phenoxy) is 1. The number of nitrogens with zero attached hydrogens (tertiary/aromatic N) is 1. The van der Waals surface area contributed by atoms with Gasteiger partial charge in [0.1, 0.15) is 5.78 Å². The van der Waals surface area contributed by atoms with Crippen LogP contribution in [0.5, 0.6) is 0 Å². The second kappa shape index (κ2) is 4.89. The molecule has 80 valence electrons. The van der Waals surface area contributed by atoms with Crippen LogP contribution < -0.4 is 0 Å². The van der Waals surface area contributed by atoms with Gasteiger partial charge < -0.3 is 4.74 Å². The van der Waals surface area contributed by atoms with Crippen molar-refractivity contribution in [1.29, 1.82) is 0 Å². The van der Waals surface area contributed by atoms with Gasteiger partial charge in [-0.15, -0.1) is 0 Å². The monoisotopic (exact) mass is 197 g/mol. The van der Waals surface area contributed by atoms with Gasteiger partial charge in [-0.05, 0) is 25.8 Å². The number of Topliss-reactive ketones (excluding diaryl/α,β-unsaturated/α-hetero) is 1. The van der Waals surface area contributed by atoms with E-state index in [-0.39, 0.29) is 0 Å². The Hall–Kier alpha value is -0.410. The van der Waals surface area contributed by atoms with Crippen LogP contribution in [-0.4, -0.2) is 43.0 Å². The lowest BCUT2D eigenvalue weighted by Gasteiger charge is -2.33. The topological polar surface area (TPSA) is 29.5 Å². The van der Waals surface area contributed by atoms with Crippen LogP contribution in [-0.2, 0) is 9.53 Å². The SMILES string of the molecule is O=C1CCCN(C2CCOCC2)CC1. The number of carbonyl (C=O) groups excluding carboxylic acids is 1. The number of likely N-dealkylation sites (tertiary alicyclic amines) is 1. The maximum Gasteiger partial charge on any atom is 0.134 e. The molecule has 0 bridgehead atoms. The van der Waals surface area contributed by atoms with Crippen LogP contribution in [0.1, 0.15) is 32.1 Å². The highest BCUT2D eigenvalue weighted by Crippen LogP contribution is 2.17. The van der Waals surface area contributed by atoms with Gasteiger partial charge in [0, 0.05) is 38.6 Å². The van der Waals surface area contributed by atoms with E-state index in [1.54, 1.807) is 0 Å². The highest BCUT2D eigenvalue weighted by molar-refractivity contribution is 5.78. The van der Waals surface area contributed by atoms with Gasteiger partial charge in [-0.25, -0.2) is 0 Å². The summed E-state index contributed by atoms with van der Waals surface area (Å²) in [5.74, 6) is 0.444. The van der Waals surface area contributed by atoms with E-state index in [9.17, 15) is 4.79 Å². The lowest BCUT2D eigenvalue weighted by atomic mass is 10.1. The molecule has 0 amide bonds. The molecular weight excluding hydrogens is 178 g/mol. The average molecular weight is 197 g/mol. The zero-order valence-corrected chi connectivity index (χ0v) is 8.71. The summed E-state index contributed by atoms with van der Waals surface area (Å²) in [6.07, 6.45) is 4.90. The minimum absolute atomic E-state index is 0.444. The van der Waals surface area contributed by atoms with E-state index in [1.165, 1.54) is 0 Å². The average Bonchev–Trinajstić information content (AvgIpc) is 2.44. The molecule has 0 N–H and O–H groups in total. The molecule has 0 aromatic carbocycles. The van der Waals surface area contributed by atoms with Gasteiger partial charge in [0.05, 0.1) is 0 Å². The molecule has 0 aromatic heterocycles. The van der Waals surface area contributed by atoms with E-state index < -0.39 is 0 Å². The summed E-state index contributed by atoms with van der Waals surface area (Å²) in [5.41, 5.74) is 0. The van der Waals surface area contributed by atoms with Crippen molar-refractivity contribution in [2.24, 2.45) is 0 Å². The highest BCUT2D eigenvalue weighted by atomic mass is 16.5. The fourth-order valence-corrected chi connectivity index (χ4v) is 2.40. The molecule has 0 saturated carbocycles. The molecule has 2 saturated heterocycles. The third-order valence-electron chi connectivity index (χ3n) is 3.29. The largest absolute Gasteiger partial charge is 0.381 e. The summed E-state index contributed by atoms with van der Waals surface area (Å²) < 4.78 is 5.35. The summed E-state index contributed by atoms with van der Waals surface area (Å²) >= 11 is 0. The fourth-order valence-electron chi connectivity index (χ4n) is 2.40. The van der Waals surface area contributed by atoms with Gasteiger partial charge in [0.15, 0.2) is 0 Å². The summed E-state index contributed by atoms with van der Waals surface area (Å²) in [6.45, 7) is 3.88. The predicted molar refractivity (Wildman–Crippen MR) is 54.3 cm³/mol. The Morgan fingerprint density at radius 1 is 1.14 bits per heavy atom. The Labute approximate surface area is 85.4 Å². The molecule has 2 rings (SSSR count). The minimum atomic E-state index is 0.444. The molecule has 14 heavy (non-hydrogen) atoms. The van der Waals surface area contributed by atoms with Crippen LogP contribution in [0, 0.1) is 0 Å². The van der Waals surface area contributed by atoms with Crippen molar-refractivity contribution in [3.63, 3.8) is 0 Å². The van der Waals surface area contributed by atoms with Gasteiger partial charge in [0.2, 0.25) is 0 Å². The zero-order chi connectivity index (χ0) is 9.80. The molecule has 3 nitrogen and oxygen atoms in total. The molecule has 0 aromatic rings. The lowest BCUT2D eigenvalue weighted by molar-refractivity contribution is -0.118. The second-order valence-electron chi connectivity index (χ2n) is 4.27. The number of carbonyl (C=O) groups is 1. The van der Waals surface area contributed by atoms with Crippen LogP contribution in [0.4, 0.5) is 0 Å². The van der Waals surface area contributed by atoms with Crippen molar-refractivity contribution in [3.05, 3.63) is 0 Å². The normalized spacial score (nSPS) is 27.6. The molecule has 3 heteroatoms. The Balaban J connectivity index is 1.86. The minimum Gasteiger partial charge on any atom is -0.381 e. The Morgan fingerprint density at radius 2 is 1.93 bits per heavy atom. The molecular formula is C11H19NO2. The van der Waals surface area contributed by atoms with Gasteiger partial charge >= 0.3 is 0 Å². The van der Waals surface area contributed by atoms with Crippen LogP contribution in [0.15, 0.2) is 0 Å². The van der Waals surface area contributed by atoms with Gasteiger partial charge in [0.25, 0.3) is 0 Å². The lowest BCUT2D eigenvalue weighted by Crippen LogP contribution is -2.40. The van der Waals surface area contributed by atoms with Crippen molar-refractivity contribution < 1.29 is 9.53 Å². The van der Waals surface area contributed by atoms with Crippen LogP contribution in [0.25, 0.3) is 0 Å². The molecule has 2 aliphatic rings. The van der Waals surface area contributed by atoms with E-state index in [0.29, 0.717) is 11.8 Å². The number of hydrogen-bond acceptors (Lipinski definition) is 3. The van der Waals surface area contributed by atoms with Crippen LogP contribution >= 0.6 is 0 Å². The maximum absolute atomic E-state index is 11.3. The standard InChI is InChI=1S/C11H19NO2/c13-11-2-1-6-12(7-3-11)10-4-8-14-9-5-10/h10H,1-9H2. The molecule has 0 spiro atoms. The number of ketones is 1. The van der Waals surface area contributed by atoms with E-state index >= 15 is 0 Å². The third kappa shape index (κ3) is 2.55. The first kappa shape index (κ1) is 10.1. The number of hydrogen-bond donors (Lipinski definition) is 0. The predicted octanol–water partition coefficient (Wildman–Crippen LogP) is 1.22. The van der Waals surface area contributed by atoms with Crippen molar-refractivity contribution in [2.75, 3.05) is 26.3 Å². The molecule has 2 heterocycles. The second-order valence-corrected chi connectivity index (χ2v) is 4.27. The summed E-state index contributed by atoms with van der Waals surface area (Å²) in [6, 6.07) is 0.676. The smallest absolute Gasteiger partial charge is 0.134 e. The van der Waals surface area contributed by atoms with Gasteiger partial charge in [-0.2, -0.15) is 0 Å². The summed E-state index contributed by atoms with van der Waals surface area (Å²) in [7, 11) is 0. The van der Waals surface area contributed by atoms with E-state index in [1.807, 2.05) is 0 Å². The van der Waals surface area contributed by atoms with E-state index in [2.05, 4.69) is 4.90 Å². The van der Waals surface area contributed by atoms with Crippen LogP contribution in [0.2, 0.25) is 0 Å². The Morgan fingerprint density at radius 3 is 2.71 bits per heavy atom. The summed E-state index contributed by atoms with van der Waals surface area (Å²) in [5, 5.41) is 0. The molecule has 0 radical (unpaired) electrons. The van der Waals surface area contributed by atoms with Crippen molar-refractivity contribution >= 4 is 5.78 Å². The van der Waals surface area contributed by atoms with Gasteiger partial charge in [-0.3, -0.25) is 9.69 Å². The van der Waals surface area contributed by atoms with Crippen LogP contribution in [0.3, 0.4) is 0 Å². The quantitative estimate of drug-likeness (QED) is 0.633.